The molecular weight excluding hydrogens is 505 g/mol. The van der Waals surface area contributed by atoms with E-state index in [9.17, 15) is 23.9 Å². The molecule has 1 saturated heterocycles. The fourth-order valence-corrected chi connectivity index (χ4v) is 5.26. The Balaban J connectivity index is 1.51. The monoisotopic (exact) mass is 541 g/mol. The second-order valence-electron chi connectivity index (χ2n) is 10.0. The number of halogens is 1. The van der Waals surface area contributed by atoms with Crippen molar-refractivity contribution in [1.82, 2.24) is 16.0 Å². The molecule has 1 fully saturated rings. The summed E-state index contributed by atoms with van der Waals surface area (Å²) in [6, 6.07) is 5.94. The van der Waals surface area contributed by atoms with Gasteiger partial charge < -0.3 is 30.5 Å². The summed E-state index contributed by atoms with van der Waals surface area (Å²) in [6.45, 7) is 2.80. The number of rotatable bonds is 10. The standard InChI is InChI=1S/C29H36FN3O6/c1-17(34)31-10-4-11-32-28(36)22-8-7-18(14-24(22)30)13-19-15-23(27(38-2)21-6-3-5-20(19)21)29(37)33-25-9-12-39-16-26(25)35/h7-8,14-15,25-26,35H,3-6,9-13,16H2,1-2H3,(H,31,34)(H,32,36)(H,33,37)/t25-,26-/m0/s1. The second-order valence-corrected chi connectivity index (χ2v) is 10.0. The molecule has 2 aromatic carbocycles. The third-order valence-corrected chi connectivity index (χ3v) is 7.22. The molecule has 39 heavy (non-hydrogen) atoms. The average Bonchev–Trinajstić information content (AvgIpc) is 3.40. The number of hydrogen-bond donors (Lipinski definition) is 4. The molecule has 0 bridgehead atoms. The molecule has 1 aliphatic carbocycles. The predicted molar refractivity (Wildman–Crippen MR) is 143 cm³/mol. The zero-order valence-corrected chi connectivity index (χ0v) is 22.4. The van der Waals surface area contributed by atoms with Crippen LogP contribution in [-0.4, -0.2) is 68.4 Å². The van der Waals surface area contributed by atoms with E-state index < -0.39 is 23.9 Å². The van der Waals surface area contributed by atoms with Gasteiger partial charge in [0.25, 0.3) is 11.8 Å². The highest BCUT2D eigenvalue weighted by Gasteiger charge is 2.30. The molecule has 2 aliphatic rings. The van der Waals surface area contributed by atoms with Crippen LogP contribution in [0, 0.1) is 5.82 Å². The van der Waals surface area contributed by atoms with E-state index in [1.165, 1.54) is 19.1 Å². The fourth-order valence-electron chi connectivity index (χ4n) is 5.26. The molecule has 10 heteroatoms. The van der Waals surface area contributed by atoms with Crippen LogP contribution in [0.25, 0.3) is 0 Å². The Morgan fingerprint density at radius 3 is 2.56 bits per heavy atom. The van der Waals surface area contributed by atoms with E-state index in [-0.39, 0.29) is 24.0 Å². The molecule has 0 radical (unpaired) electrons. The summed E-state index contributed by atoms with van der Waals surface area (Å²) in [6.07, 6.45) is 3.21. The lowest BCUT2D eigenvalue weighted by atomic mass is 9.92. The summed E-state index contributed by atoms with van der Waals surface area (Å²) >= 11 is 0. The molecule has 9 nitrogen and oxygen atoms in total. The Kier molecular flexibility index (Phi) is 9.53. The number of aliphatic hydroxyl groups is 1. The van der Waals surface area contributed by atoms with Crippen LogP contribution in [0.5, 0.6) is 5.75 Å². The Hall–Kier alpha value is -3.50. The van der Waals surface area contributed by atoms with Gasteiger partial charge in [0.1, 0.15) is 11.6 Å². The van der Waals surface area contributed by atoms with E-state index in [1.54, 1.807) is 19.2 Å². The Morgan fingerprint density at radius 1 is 1.08 bits per heavy atom. The number of ether oxygens (including phenoxy) is 2. The number of carbonyl (C=O) groups is 3. The molecule has 1 heterocycles. The van der Waals surface area contributed by atoms with Crippen molar-refractivity contribution in [3.8, 4) is 5.75 Å². The van der Waals surface area contributed by atoms with E-state index in [2.05, 4.69) is 16.0 Å². The minimum atomic E-state index is -0.779. The molecule has 3 amide bonds. The largest absolute Gasteiger partial charge is 0.496 e. The summed E-state index contributed by atoms with van der Waals surface area (Å²) < 4.78 is 25.9. The third-order valence-electron chi connectivity index (χ3n) is 7.22. The van der Waals surface area contributed by atoms with Crippen LogP contribution in [0.15, 0.2) is 24.3 Å². The maximum absolute atomic E-state index is 14.9. The van der Waals surface area contributed by atoms with Gasteiger partial charge in [0.2, 0.25) is 5.91 Å². The number of fused-ring (bicyclic) bond motifs is 1. The normalized spacial score (nSPS) is 18.3. The van der Waals surface area contributed by atoms with Crippen molar-refractivity contribution in [1.29, 1.82) is 0 Å². The molecule has 2 atom stereocenters. The van der Waals surface area contributed by atoms with Crippen LogP contribution in [0.1, 0.15) is 69.2 Å². The van der Waals surface area contributed by atoms with Gasteiger partial charge in [-0.1, -0.05) is 6.07 Å². The van der Waals surface area contributed by atoms with Crippen LogP contribution in [-0.2, 0) is 28.8 Å². The molecule has 0 spiro atoms. The topological polar surface area (TPSA) is 126 Å². The number of carbonyl (C=O) groups excluding carboxylic acids is 3. The van der Waals surface area contributed by atoms with Crippen molar-refractivity contribution in [3.63, 3.8) is 0 Å². The maximum Gasteiger partial charge on any atom is 0.255 e. The minimum absolute atomic E-state index is 0.0478. The zero-order chi connectivity index (χ0) is 27.9. The Morgan fingerprint density at radius 2 is 1.85 bits per heavy atom. The first-order chi connectivity index (χ1) is 18.8. The molecule has 0 unspecified atom stereocenters. The molecule has 0 aromatic heterocycles. The second kappa shape index (κ2) is 13.0. The molecule has 1 aliphatic heterocycles. The molecule has 0 saturated carbocycles. The maximum atomic E-state index is 14.9. The van der Waals surface area contributed by atoms with Gasteiger partial charge in [-0.15, -0.1) is 0 Å². The SMILES string of the molecule is COc1c(C(=O)N[C@H]2CCOC[C@@H]2O)cc(Cc2ccc(C(=O)NCCCNC(C)=O)c(F)c2)c2c1CCC2. The van der Waals surface area contributed by atoms with E-state index >= 15 is 0 Å². The minimum Gasteiger partial charge on any atom is -0.496 e. The molecule has 4 rings (SSSR count). The van der Waals surface area contributed by atoms with Gasteiger partial charge in [-0.25, -0.2) is 4.39 Å². The number of nitrogens with one attached hydrogen (secondary N) is 3. The Bertz CT molecular complexity index is 1230. The van der Waals surface area contributed by atoms with Gasteiger partial charge in [0.15, 0.2) is 0 Å². The highest BCUT2D eigenvalue weighted by Crippen LogP contribution is 2.37. The van der Waals surface area contributed by atoms with E-state index in [0.717, 1.165) is 36.0 Å². The van der Waals surface area contributed by atoms with Crippen molar-refractivity contribution in [2.45, 2.75) is 57.6 Å². The summed E-state index contributed by atoms with van der Waals surface area (Å²) in [5.74, 6) is -1.06. The van der Waals surface area contributed by atoms with Crippen molar-refractivity contribution in [3.05, 3.63) is 63.5 Å². The number of hydrogen-bond acceptors (Lipinski definition) is 6. The fraction of sp³-hybridized carbons (Fsp3) is 0.483. The van der Waals surface area contributed by atoms with E-state index in [4.69, 9.17) is 9.47 Å². The lowest BCUT2D eigenvalue weighted by Crippen LogP contribution is -2.48. The van der Waals surface area contributed by atoms with Crippen molar-refractivity contribution in [2.24, 2.45) is 0 Å². The highest BCUT2D eigenvalue weighted by atomic mass is 19.1. The van der Waals surface area contributed by atoms with E-state index in [1.807, 2.05) is 0 Å². The summed E-state index contributed by atoms with van der Waals surface area (Å²) in [7, 11) is 1.55. The van der Waals surface area contributed by atoms with Crippen LogP contribution >= 0.6 is 0 Å². The van der Waals surface area contributed by atoms with Crippen LogP contribution in [0.3, 0.4) is 0 Å². The molecule has 2 aromatic rings. The smallest absolute Gasteiger partial charge is 0.255 e. The third kappa shape index (κ3) is 6.93. The first-order valence-corrected chi connectivity index (χ1v) is 13.4. The van der Waals surface area contributed by atoms with Crippen molar-refractivity contribution >= 4 is 17.7 Å². The van der Waals surface area contributed by atoms with Crippen molar-refractivity contribution in [2.75, 3.05) is 33.4 Å². The summed E-state index contributed by atoms with van der Waals surface area (Å²) in [5, 5.41) is 18.5. The molecule has 4 N–H and O–H groups in total. The summed E-state index contributed by atoms with van der Waals surface area (Å²) in [4.78, 5) is 36.7. The van der Waals surface area contributed by atoms with Crippen LogP contribution < -0.4 is 20.7 Å². The van der Waals surface area contributed by atoms with Gasteiger partial charge in [-0.05, 0) is 79.0 Å². The zero-order valence-electron chi connectivity index (χ0n) is 22.4. The van der Waals surface area contributed by atoms with Crippen molar-refractivity contribution < 1.29 is 33.4 Å². The summed E-state index contributed by atoms with van der Waals surface area (Å²) in [5.41, 5.74) is 4.03. The molecule has 210 valence electrons. The predicted octanol–water partition coefficient (Wildman–Crippen LogP) is 2.05. The van der Waals surface area contributed by atoms with Crippen LogP contribution in [0.2, 0.25) is 0 Å². The van der Waals surface area contributed by atoms with Crippen LogP contribution in [0.4, 0.5) is 4.39 Å². The number of methoxy groups -OCH3 is 1. The first-order valence-electron chi connectivity index (χ1n) is 13.4. The van der Waals surface area contributed by atoms with Gasteiger partial charge in [-0.3, -0.25) is 14.4 Å². The molecular formula is C29H36FN3O6. The number of amides is 3. The lowest BCUT2D eigenvalue weighted by molar-refractivity contribution is -0.118. The van der Waals surface area contributed by atoms with Gasteiger partial charge in [0.05, 0.1) is 37.0 Å². The quantitative estimate of drug-likeness (QED) is 0.341. The lowest BCUT2D eigenvalue weighted by Gasteiger charge is -2.29. The van der Waals surface area contributed by atoms with Gasteiger partial charge in [0, 0.05) is 26.6 Å². The Labute approximate surface area is 227 Å². The average molecular weight is 542 g/mol. The van der Waals surface area contributed by atoms with E-state index in [0.29, 0.717) is 55.8 Å². The number of benzene rings is 2. The van der Waals surface area contributed by atoms with Gasteiger partial charge in [-0.2, -0.15) is 0 Å². The van der Waals surface area contributed by atoms with Gasteiger partial charge >= 0.3 is 0 Å². The first kappa shape index (κ1) is 28.5. The highest BCUT2D eigenvalue weighted by molar-refractivity contribution is 5.98. The number of aliphatic hydroxyl groups excluding tert-OH is 1.